The van der Waals surface area contributed by atoms with Crippen LogP contribution in [0.15, 0.2) is 58.1 Å². The molecule has 6 nitrogen and oxygen atoms in total. The summed E-state index contributed by atoms with van der Waals surface area (Å²) in [7, 11) is 1.55. The molecule has 0 radical (unpaired) electrons. The van der Waals surface area contributed by atoms with Crippen molar-refractivity contribution in [3.8, 4) is 5.75 Å². The van der Waals surface area contributed by atoms with Crippen molar-refractivity contribution in [2.45, 2.75) is 6.42 Å². The van der Waals surface area contributed by atoms with Crippen LogP contribution in [0, 0.1) is 0 Å². The van der Waals surface area contributed by atoms with Crippen molar-refractivity contribution >= 4 is 39.6 Å². The zero-order valence-corrected chi connectivity index (χ0v) is 14.5. The van der Waals surface area contributed by atoms with Gasteiger partial charge in [0.1, 0.15) is 12.2 Å². The molecule has 0 heterocycles. The normalized spacial score (nSPS) is 10.4. The largest absolute Gasteiger partial charge is 0.496 e. The lowest BCUT2D eigenvalue weighted by Crippen LogP contribution is -2.24. The molecule has 2 N–H and O–H groups in total. The number of carbonyl (C=O) groups is 2. The zero-order chi connectivity index (χ0) is 17.4. The van der Waals surface area contributed by atoms with Crippen LogP contribution in [-0.2, 0) is 9.59 Å². The molecule has 0 aromatic heterocycles. The molecule has 2 aromatic carbocycles. The first-order chi connectivity index (χ1) is 11.6. The molecule has 0 fully saturated rings. The number of nitrogens with one attached hydrogen (secondary N) is 2. The molecule has 0 aliphatic heterocycles. The van der Waals surface area contributed by atoms with Gasteiger partial charge in [-0.2, -0.15) is 5.10 Å². The Kier molecular flexibility index (Phi) is 6.51. The van der Waals surface area contributed by atoms with Crippen LogP contribution in [0.25, 0.3) is 0 Å². The van der Waals surface area contributed by atoms with Gasteiger partial charge in [0.05, 0.1) is 19.0 Å². The predicted molar refractivity (Wildman–Crippen MR) is 96.1 cm³/mol. The monoisotopic (exact) mass is 389 g/mol. The number of hydrogen-bond donors (Lipinski definition) is 2. The smallest absolute Gasteiger partial charge is 0.249 e. The molecular formula is C17H16BrN3O3. The Morgan fingerprint density at radius 3 is 2.58 bits per heavy atom. The van der Waals surface area contributed by atoms with Gasteiger partial charge in [0, 0.05) is 10.0 Å². The molecule has 0 unspecified atom stereocenters. The quantitative estimate of drug-likeness (QED) is 0.452. The van der Waals surface area contributed by atoms with Crippen molar-refractivity contribution in [1.29, 1.82) is 0 Å². The van der Waals surface area contributed by atoms with E-state index in [9.17, 15) is 9.59 Å². The number of halogens is 1. The number of rotatable bonds is 6. The predicted octanol–water partition coefficient (Wildman–Crippen LogP) is 2.94. The van der Waals surface area contributed by atoms with E-state index in [0.717, 1.165) is 10.0 Å². The van der Waals surface area contributed by atoms with E-state index in [4.69, 9.17) is 4.74 Å². The van der Waals surface area contributed by atoms with Crippen molar-refractivity contribution in [1.82, 2.24) is 5.43 Å². The van der Waals surface area contributed by atoms with E-state index < -0.39 is 11.8 Å². The van der Waals surface area contributed by atoms with Crippen molar-refractivity contribution in [2.75, 3.05) is 12.4 Å². The first-order valence-corrected chi connectivity index (χ1v) is 7.88. The van der Waals surface area contributed by atoms with E-state index in [1.54, 1.807) is 37.4 Å². The number of nitrogens with zero attached hydrogens (tertiary/aromatic N) is 1. The number of hydrazone groups is 1. The summed E-state index contributed by atoms with van der Waals surface area (Å²) in [6, 6.07) is 14.4. The molecule has 24 heavy (non-hydrogen) atoms. The minimum Gasteiger partial charge on any atom is -0.496 e. The Hall–Kier alpha value is -2.67. The minimum atomic E-state index is -0.509. The Morgan fingerprint density at radius 1 is 1.12 bits per heavy atom. The summed E-state index contributed by atoms with van der Waals surface area (Å²) >= 11 is 3.32. The number of methoxy groups -OCH3 is 1. The number of hydrogen-bond acceptors (Lipinski definition) is 4. The van der Waals surface area contributed by atoms with E-state index in [2.05, 4.69) is 31.8 Å². The number of carbonyl (C=O) groups excluding carboxylic acids is 2. The van der Waals surface area contributed by atoms with Crippen LogP contribution in [0.1, 0.15) is 12.0 Å². The van der Waals surface area contributed by atoms with E-state index >= 15 is 0 Å². The van der Waals surface area contributed by atoms with Crippen LogP contribution in [0.4, 0.5) is 5.69 Å². The van der Waals surface area contributed by atoms with Crippen molar-refractivity contribution in [3.63, 3.8) is 0 Å². The van der Waals surface area contributed by atoms with Crippen LogP contribution in [0.3, 0.4) is 0 Å². The summed E-state index contributed by atoms with van der Waals surface area (Å²) in [5, 5.41) is 6.48. The third-order valence-corrected chi connectivity index (χ3v) is 3.69. The molecule has 0 spiro atoms. The second-order valence-electron chi connectivity index (χ2n) is 4.74. The fourth-order valence-corrected chi connectivity index (χ4v) is 2.27. The van der Waals surface area contributed by atoms with Gasteiger partial charge in [-0.25, -0.2) is 5.43 Å². The number of amides is 2. The standard InChI is InChI=1S/C17H16BrN3O3/c1-24-15-9-5-2-6-12(15)11-19-21-17(23)10-16(22)20-14-8-4-3-7-13(14)18/h2-9,11H,10H2,1H3,(H,20,22)(H,21,23). The number of benzene rings is 2. The van der Waals surface area contributed by atoms with E-state index in [1.165, 1.54) is 6.21 Å². The summed E-state index contributed by atoms with van der Waals surface area (Å²) in [4.78, 5) is 23.6. The summed E-state index contributed by atoms with van der Waals surface area (Å²) in [6.07, 6.45) is 1.13. The van der Waals surface area contributed by atoms with Crippen molar-refractivity contribution in [3.05, 3.63) is 58.6 Å². The fourth-order valence-electron chi connectivity index (χ4n) is 1.89. The Morgan fingerprint density at radius 2 is 1.83 bits per heavy atom. The second kappa shape index (κ2) is 8.83. The van der Waals surface area contributed by atoms with Gasteiger partial charge < -0.3 is 10.1 Å². The van der Waals surface area contributed by atoms with Gasteiger partial charge in [0.2, 0.25) is 11.8 Å². The number of para-hydroxylation sites is 2. The lowest BCUT2D eigenvalue weighted by molar-refractivity contribution is -0.126. The van der Waals surface area contributed by atoms with Crippen LogP contribution < -0.4 is 15.5 Å². The van der Waals surface area contributed by atoms with Gasteiger partial charge in [-0.3, -0.25) is 9.59 Å². The molecule has 2 rings (SSSR count). The van der Waals surface area contributed by atoms with E-state index in [-0.39, 0.29) is 6.42 Å². The molecular weight excluding hydrogens is 374 g/mol. The van der Waals surface area contributed by atoms with E-state index in [1.807, 2.05) is 18.2 Å². The Bertz CT molecular complexity index is 762. The van der Waals surface area contributed by atoms with Crippen molar-refractivity contribution in [2.24, 2.45) is 5.10 Å². The molecule has 0 aliphatic carbocycles. The molecule has 0 saturated heterocycles. The van der Waals surface area contributed by atoms with Crippen molar-refractivity contribution < 1.29 is 14.3 Å². The first kappa shape index (κ1) is 17.7. The highest BCUT2D eigenvalue weighted by molar-refractivity contribution is 9.10. The van der Waals surface area contributed by atoms with E-state index in [0.29, 0.717) is 11.4 Å². The molecule has 0 saturated carbocycles. The molecule has 0 atom stereocenters. The highest BCUT2D eigenvalue weighted by atomic mass is 79.9. The summed E-state index contributed by atoms with van der Waals surface area (Å²) in [6.45, 7) is 0. The lowest BCUT2D eigenvalue weighted by Gasteiger charge is -2.06. The summed E-state index contributed by atoms with van der Waals surface area (Å²) < 4.78 is 5.92. The van der Waals surface area contributed by atoms with Gasteiger partial charge in [0.15, 0.2) is 0 Å². The first-order valence-electron chi connectivity index (χ1n) is 7.09. The van der Waals surface area contributed by atoms with Crippen LogP contribution in [-0.4, -0.2) is 25.1 Å². The Labute approximate surface area is 148 Å². The molecule has 7 heteroatoms. The topological polar surface area (TPSA) is 79.8 Å². The molecule has 0 aliphatic rings. The number of ether oxygens (including phenoxy) is 1. The van der Waals surface area contributed by atoms with Gasteiger partial charge in [0.25, 0.3) is 0 Å². The highest BCUT2D eigenvalue weighted by Crippen LogP contribution is 2.21. The highest BCUT2D eigenvalue weighted by Gasteiger charge is 2.10. The second-order valence-corrected chi connectivity index (χ2v) is 5.59. The fraction of sp³-hybridized carbons (Fsp3) is 0.118. The maximum Gasteiger partial charge on any atom is 0.249 e. The average Bonchev–Trinajstić information content (AvgIpc) is 2.57. The maximum absolute atomic E-state index is 11.8. The molecule has 2 amide bonds. The molecule has 2 aromatic rings. The third-order valence-electron chi connectivity index (χ3n) is 3.00. The van der Waals surface area contributed by atoms with Gasteiger partial charge in [-0.1, -0.05) is 24.3 Å². The van der Waals surface area contributed by atoms with Crippen LogP contribution in [0.5, 0.6) is 5.75 Å². The number of anilines is 1. The van der Waals surface area contributed by atoms with Crippen LogP contribution in [0.2, 0.25) is 0 Å². The third kappa shape index (κ3) is 5.20. The van der Waals surface area contributed by atoms with Gasteiger partial charge in [-0.15, -0.1) is 0 Å². The lowest BCUT2D eigenvalue weighted by atomic mass is 10.2. The zero-order valence-electron chi connectivity index (χ0n) is 13.0. The summed E-state index contributed by atoms with van der Waals surface area (Å²) in [5.74, 6) is -0.292. The average molecular weight is 390 g/mol. The molecule has 0 bridgehead atoms. The Balaban J connectivity index is 1.86. The minimum absolute atomic E-state index is 0.329. The molecule has 124 valence electrons. The van der Waals surface area contributed by atoms with Gasteiger partial charge in [-0.05, 0) is 40.2 Å². The SMILES string of the molecule is COc1ccccc1C=NNC(=O)CC(=O)Nc1ccccc1Br. The van der Waals surface area contributed by atoms with Gasteiger partial charge >= 0.3 is 0 Å². The summed E-state index contributed by atoms with van der Waals surface area (Å²) in [5.41, 5.74) is 3.64. The maximum atomic E-state index is 11.8. The van der Waals surface area contributed by atoms with Crippen LogP contribution >= 0.6 is 15.9 Å².